The number of hydrogen-bond donors (Lipinski definition) is 0. The second kappa shape index (κ2) is 3.46. The molecule has 1 unspecified atom stereocenters. The lowest BCUT2D eigenvalue weighted by Gasteiger charge is -2.17. The molecular weight excluding hydrogens is 164 g/mol. The molecule has 6 heteroatoms. The van der Waals surface area contributed by atoms with Gasteiger partial charge < -0.3 is 0 Å². The maximum Gasteiger partial charge on any atom is 0.458 e. The van der Waals surface area contributed by atoms with E-state index in [4.69, 9.17) is 0 Å². The molecule has 1 atom stereocenters. The number of hydrogen-bond acceptors (Lipinski definition) is 4. The molecule has 0 amide bonds. The largest absolute Gasteiger partial charge is 0.458 e. The highest BCUT2D eigenvalue weighted by Gasteiger charge is 2.54. The SMILES string of the molecule is CCC(C)C(C)([N+](=O)[O-])[N+](=O)[O-]. The van der Waals surface area contributed by atoms with Crippen LogP contribution in [-0.4, -0.2) is 15.5 Å². The Labute approximate surface area is 69.9 Å². The zero-order valence-electron chi connectivity index (χ0n) is 7.31. The van der Waals surface area contributed by atoms with Crippen LogP contribution >= 0.6 is 0 Å². The van der Waals surface area contributed by atoms with Crippen molar-refractivity contribution in [3.8, 4) is 0 Å². The van der Waals surface area contributed by atoms with Crippen LogP contribution in [0.15, 0.2) is 0 Å². The Morgan fingerprint density at radius 1 is 1.33 bits per heavy atom. The quantitative estimate of drug-likeness (QED) is 0.367. The van der Waals surface area contributed by atoms with Crippen LogP contribution < -0.4 is 0 Å². The molecule has 0 bridgehead atoms. The summed E-state index contributed by atoms with van der Waals surface area (Å²) in [6, 6.07) is 0. The predicted molar refractivity (Wildman–Crippen MR) is 41.8 cm³/mol. The molecule has 0 N–H and O–H groups in total. The van der Waals surface area contributed by atoms with Crippen molar-refractivity contribution in [2.45, 2.75) is 32.9 Å². The summed E-state index contributed by atoms with van der Waals surface area (Å²) in [7, 11) is 0. The first-order valence-corrected chi connectivity index (χ1v) is 3.66. The van der Waals surface area contributed by atoms with E-state index < -0.39 is 21.4 Å². The Balaban J connectivity index is 4.87. The molecule has 0 aromatic rings. The van der Waals surface area contributed by atoms with Gasteiger partial charge in [-0.3, -0.25) is 20.2 Å². The van der Waals surface area contributed by atoms with Crippen LogP contribution in [0.4, 0.5) is 0 Å². The zero-order valence-corrected chi connectivity index (χ0v) is 7.31. The molecule has 0 spiro atoms. The Morgan fingerprint density at radius 2 is 1.67 bits per heavy atom. The topological polar surface area (TPSA) is 86.3 Å². The van der Waals surface area contributed by atoms with Crippen molar-refractivity contribution >= 4 is 0 Å². The minimum atomic E-state index is -2.05. The van der Waals surface area contributed by atoms with Crippen molar-refractivity contribution in [1.29, 1.82) is 0 Å². The fourth-order valence-electron chi connectivity index (χ4n) is 0.813. The van der Waals surface area contributed by atoms with Gasteiger partial charge in [0.05, 0.1) is 22.7 Å². The van der Waals surface area contributed by atoms with Crippen molar-refractivity contribution in [3.63, 3.8) is 0 Å². The Hall–Kier alpha value is -1.20. The van der Waals surface area contributed by atoms with E-state index in [1.165, 1.54) is 6.92 Å². The zero-order chi connectivity index (χ0) is 9.94. The highest BCUT2D eigenvalue weighted by molar-refractivity contribution is 4.67. The van der Waals surface area contributed by atoms with Gasteiger partial charge in [0.2, 0.25) is 0 Å². The van der Waals surface area contributed by atoms with Crippen molar-refractivity contribution in [2.75, 3.05) is 0 Å². The third-order valence-electron chi connectivity index (χ3n) is 2.29. The lowest BCUT2D eigenvalue weighted by atomic mass is 9.95. The summed E-state index contributed by atoms with van der Waals surface area (Å²) in [6.45, 7) is 4.24. The molecule has 0 aliphatic carbocycles. The van der Waals surface area contributed by atoms with Gasteiger partial charge in [-0.05, 0) is 13.3 Å². The highest BCUT2D eigenvalue weighted by atomic mass is 16.7. The maximum atomic E-state index is 10.4. The smallest absolute Gasteiger partial charge is 0.258 e. The minimum Gasteiger partial charge on any atom is -0.258 e. The van der Waals surface area contributed by atoms with Crippen molar-refractivity contribution < 1.29 is 9.85 Å². The van der Waals surface area contributed by atoms with Crippen LogP contribution in [0.5, 0.6) is 0 Å². The summed E-state index contributed by atoms with van der Waals surface area (Å²) in [5.74, 6) is -0.567. The lowest BCUT2D eigenvalue weighted by molar-refractivity contribution is -0.801. The van der Waals surface area contributed by atoms with E-state index >= 15 is 0 Å². The summed E-state index contributed by atoms with van der Waals surface area (Å²) in [6.07, 6.45) is 0.415. The van der Waals surface area contributed by atoms with Crippen molar-refractivity contribution in [3.05, 3.63) is 20.2 Å². The van der Waals surface area contributed by atoms with Crippen LogP contribution in [0, 0.1) is 26.1 Å². The highest BCUT2D eigenvalue weighted by Crippen LogP contribution is 2.23. The Morgan fingerprint density at radius 3 is 1.75 bits per heavy atom. The van der Waals surface area contributed by atoms with E-state index in [9.17, 15) is 20.2 Å². The summed E-state index contributed by atoms with van der Waals surface area (Å²) in [5.41, 5.74) is -2.05. The van der Waals surface area contributed by atoms with Crippen LogP contribution in [0.3, 0.4) is 0 Å². The van der Waals surface area contributed by atoms with E-state index in [2.05, 4.69) is 0 Å². The summed E-state index contributed by atoms with van der Waals surface area (Å²) >= 11 is 0. The van der Waals surface area contributed by atoms with Gasteiger partial charge in [-0.2, -0.15) is 0 Å². The normalized spacial score (nSPS) is 13.9. The maximum absolute atomic E-state index is 10.4. The molecule has 70 valence electrons. The van der Waals surface area contributed by atoms with Crippen LogP contribution in [0.25, 0.3) is 0 Å². The molecular formula is C6H12N2O4. The molecule has 0 aromatic heterocycles. The first kappa shape index (κ1) is 10.8. The molecule has 0 aliphatic rings. The summed E-state index contributed by atoms with van der Waals surface area (Å²) < 4.78 is 0. The molecule has 0 aliphatic heterocycles. The van der Waals surface area contributed by atoms with E-state index in [0.717, 1.165) is 6.92 Å². The number of rotatable bonds is 4. The standard InChI is InChI=1S/C6H12N2O4/c1-4-5(2)6(3,7(9)10)8(11)12/h5H,4H2,1-3H3. The first-order chi connectivity index (χ1) is 5.37. The molecule has 0 fully saturated rings. The Bertz CT molecular complexity index is 190. The van der Waals surface area contributed by atoms with Gasteiger partial charge >= 0.3 is 5.66 Å². The molecule has 0 saturated heterocycles. The van der Waals surface area contributed by atoms with E-state index in [0.29, 0.717) is 6.42 Å². The number of nitro groups is 2. The predicted octanol–water partition coefficient (Wildman–Crippen LogP) is 1.30. The van der Waals surface area contributed by atoms with E-state index in [-0.39, 0.29) is 0 Å². The van der Waals surface area contributed by atoms with E-state index in [1.54, 1.807) is 6.92 Å². The molecule has 0 aromatic carbocycles. The van der Waals surface area contributed by atoms with Crippen molar-refractivity contribution in [1.82, 2.24) is 0 Å². The molecule has 0 rings (SSSR count). The van der Waals surface area contributed by atoms with Gasteiger partial charge in [-0.1, -0.05) is 6.92 Å². The summed E-state index contributed by atoms with van der Waals surface area (Å²) in [4.78, 5) is 19.2. The molecule has 0 radical (unpaired) electrons. The minimum absolute atomic E-state index is 0.415. The van der Waals surface area contributed by atoms with Crippen LogP contribution in [0.1, 0.15) is 27.2 Å². The molecule has 0 saturated carbocycles. The van der Waals surface area contributed by atoms with Gasteiger partial charge in [0, 0.05) is 0 Å². The van der Waals surface area contributed by atoms with Gasteiger partial charge in [-0.15, -0.1) is 0 Å². The average molecular weight is 176 g/mol. The van der Waals surface area contributed by atoms with Crippen LogP contribution in [-0.2, 0) is 0 Å². The molecule has 6 nitrogen and oxygen atoms in total. The van der Waals surface area contributed by atoms with Gasteiger partial charge in [-0.25, -0.2) is 0 Å². The first-order valence-electron chi connectivity index (χ1n) is 3.66. The fourth-order valence-corrected chi connectivity index (χ4v) is 0.813. The summed E-state index contributed by atoms with van der Waals surface area (Å²) in [5, 5.41) is 20.9. The van der Waals surface area contributed by atoms with Crippen LogP contribution in [0.2, 0.25) is 0 Å². The third-order valence-corrected chi connectivity index (χ3v) is 2.29. The second-order valence-corrected chi connectivity index (χ2v) is 2.92. The van der Waals surface area contributed by atoms with Gasteiger partial charge in [0.1, 0.15) is 0 Å². The lowest BCUT2D eigenvalue weighted by Crippen LogP contribution is -2.48. The Kier molecular flexibility index (Phi) is 3.12. The third kappa shape index (κ3) is 1.51. The average Bonchev–Trinajstić information content (AvgIpc) is 2.00. The van der Waals surface area contributed by atoms with Crippen molar-refractivity contribution in [2.24, 2.45) is 5.92 Å². The molecule has 0 heterocycles. The molecule has 12 heavy (non-hydrogen) atoms. The van der Waals surface area contributed by atoms with Gasteiger partial charge in [0.15, 0.2) is 0 Å². The van der Waals surface area contributed by atoms with Gasteiger partial charge in [0.25, 0.3) is 0 Å². The second-order valence-electron chi connectivity index (χ2n) is 2.92. The van der Waals surface area contributed by atoms with E-state index in [1.807, 2.05) is 0 Å². The fraction of sp³-hybridized carbons (Fsp3) is 1.00. The monoisotopic (exact) mass is 176 g/mol. The number of nitrogens with zero attached hydrogens (tertiary/aromatic N) is 2.